The van der Waals surface area contributed by atoms with Crippen molar-refractivity contribution in [3.8, 4) is 0 Å². The van der Waals surface area contributed by atoms with Crippen molar-refractivity contribution in [2.24, 2.45) is 28.6 Å². The van der Waals surface area contributed by atoms with E-state index >= 15 is 9.59 Å². The van der Waals surface area contributed by atoms with Gasteiger partial charge in [-0.3, -0.25) is 68.7 Å². The van der Waals surface area contributed by atoms with Gasteiger partial charge in [-0.15, -0.1) is 0 Å². The summed E-state index contributed by atoms with van der Waals surface area (Å²) in [6.07, 6.45) is 21.8. The average Bonchev–Trinajstić information content (AvgIpc) is 0.963. The third-order valence-electron chi connectivity index (χ3n) is 18.7. The van der Waals surface area contributed by atoms with E-state index in [9.17, 15) is 9.59 Å². The first kappa shape index (κ1) is 61.1. The molecule has 4 aliphatic heterocycles. The number of likely N-dealkylation sites (tertiary alicyclic amines) is 4. The first-order valence-corrected chi connectivity index (χ1v) is 31.3. The summed E-state index contributed by atoms with van der Waals surface area (Å²) in [5, 5.41) is 0. The Bertz CT molecular complexity index is 3060. The molecule has 6 aromatic heterocycles. The number of fused-ring (bicyclic) bond motifs is 4. The fourth-order valence-electron chi connectivity index (χ4n) is 15.0. The van der Waals surface area contributed by atoms with E-state index in [0.29, 0.717) is 97.4 Å². The maximum absolute atomic E-state index is 15.2. The summed E-state index contributed by atoms with van der Waals surface area (Å²) < 4.78 is 11.8. The van der Waals surface area contributed by atoms with E-state index in [1.54, 1.807) is 0 Å². The largest absolute Gasteiger partial charge is 0.466 e. The van der Waals surface area contributed by atoms with Gasteiger partial charge in [0, 0.05) is 82.9 Å². The Morgan fingerprint density at radius 3 is 1.35 bits per heavy atom. The molecule has 85 heavy (non-hydrogen) atoms. The van der Waals surface area contributed by atoms with Gasteiger partial charge < -0.3 is 9.47 Å². The molecule has 4 fully saturated rings. The average molecular weight is 1150 g/mol. The van der Waals surface area contributed by atoms with Crippen LogP contribution in [-0.2, 0) is 41.7 Å². The van der Waals surface area contributed by atoms with Crippen molar-refractivity contribution in [3.05, 3.63) is 181 Å². The van der Waals surface area contributed by atoms with Crippen molar-refractivity contribution in [2.75, 3.05) is 53.5 Å². The van der Waals surface area contributed by atoms with E-state index in [4.69, 9.17) is 29.4 Å². The molecule has 0 N–H and O–H groups in total. The molecule has 0 amide bonds. The van der Waals surface area contributed by atoms with Gasteiger partial charge in [-0.25, -0.2) is 0 Å². The van der Waals surface area contributed by atoms with Gasteiger partial charge in [-0.05, 0) is 132 Å². The van der Waals surface area contributed by atoms with Crippen LogP contribution in [0.4, 0.5) is 0 Å². The predicted octanol–water partition coefficient (Wildman–Crippen LogP) is 11.2. The Hall–Kier alpha value is -6.98. The lowest BCUT2D eigenvalue weighted by Crippen LogP contribution is -2.65. The summed E-state index contributed by atoms with van der Waals surface area (Å²) in [6.45, 7) is 6.47. The highest BCUT2D eigenvalue weighted by Gasteiger charge is 2.63. The summed E-state index contributed by atoms with van der Waals surface area (Å²) in [5.41, 5.74) is 4.03. The second kappa shape index (κ2) is 29.4. The summed E-state index contributed by atoms with van der Waals surface area (Å²) in [5.74, 6) is -0.633. The molecule has 0 radical (unpaired) electrons. The summed E-state index contributed by atoms with van der Waals surface area (Å²) >= 11 is 0. The van der Waals surface area contributed by atoms with Crippen LogP contribution in [0.25, 0.3) is 0 Å². The lowest BCUT2D eigenvalue weighted by Gasteiger charge is -2.58. The molecular formula is C69H86N10O6. The van der Waals surface area contributed by atoms with E-state index in [2.05, 4.69) is 62.7 Å². The Kier molecular flexibility index (Phi) is 21.1. The molecule has 0 aromatic carbocycles. The molecule has 10 heterocycles. The van der Waals surface area contributed by atoms with Crippen molar-refractivity contribution in [3.63, 3.8) is 0 Å². The van der Waals surface area contributed by atoms with Gasteiger partial charge in [0.2, 0.25) is 0 Å². The number of ether oxygens (including phenoxy) is 2. The van der Waals surface area contributed by atoms with E-state index in [0.717, 1.165) is 85.5 Å². The number of hydrogen-bond donors (Lipinski definition) is 0. The van der Waals surface area contributed by atoms with Crippen molar-refractivity contribution >= 4 is 23.5 Å². The number of ketones is 2. The Morgan fingerprint density at radius 1 is 0.506 bits per heavy atom. The van der Waals surface area contributed by atoms with Crippen LogP contribution in [0, 0.1) is 28.6 Å². The number of carbonyl (C=O) groups excluding carboxylic acids is 4. The molecule has 9 atom stereocenters. The molecule has 16 heteroatoms. The SMILES string of the molecule is CCCCC(CCCCC(=O)OCCCCCC12CN(Cc3ccccn3)CC(C1=O)C(c1ccccn1)N(C)C2c1ccccn1)C(=O)OCCCCCC12CN(Cc3ccccn3)CC(C1=O)C(c1ccccn1)N(C)C2c1ccccn1. The fraction of sp³-hybridized carbons (Fsp3) is 0.507. The van der Waals surface area contributed by atoms with Gasteiger partial charge in [0.05, 0.1) is 100 Å². The fourth-order valence-corrected chi connectivity index (χ4v) is 15.0. The van der Waals surface area contributed by atoms with Gasteiger partial charge >= 0.3 is 11.9 Å². The molecule has 0 spiro atoms. The van der Waals surface area contributed by atoms with Crippen molar-refractivity contribution < 1.29 is 28.7 Å². The number of rotatable bonds is 29. The van der Waals surface area contributed by atoms with Crippen LogP contribution in [0.1, 0.15) is 162 Å². The third kappa shape index (κ3) is 14.3. The number of piperidine rings is 4. The van der Waals surface area contributed by atoms with Crippen molar-refractivity contribution in [1.82, 2.24) is 49.5 Å². The van der Waals surface area contributed by atoms with Crippen molar-refractivity contribution in [2.45, 2.75) is 140 Å². The number of nitrogens with zero attached hydrogens (tertiary/aromatic N) is 10. The van der Waals surface area contributed by atoms with Gasteiger partial charge in [-0.1, -0.05) is 88.3 Å². The molecule has 4 aliphatic rings. The van der Waals surface area contributed by atoms with Crippen LogP contribution in [0.3, 0.4) is 0 Å². The number of pyridine rings is 6. The maximum Gasteiger partial charge on any atom is 0.308 e. The molecule has 0 saturated carbocycles. The minimum Gasteiger partial charge on any atom is -0.466 e. The highest BCUT2D eigenvalue weighted by molar-refractivity contribution is 5.92. The van der Waals surface area contributed by atoms with Crippen molar-refractivity contribution in [1.29, 1.82) is 0 Å². The molecule has 10 rings (SSSR count). The molecule has 4 bridgehead atoms. The normalized spacial score (nSPS) is 24.9. The number of Topliss-reactive ketones (excluding diaryl/α,β-unsaturated/α-hetero) is 2. The molecule has 0 aliphatic carbocycles. The number of hydrogen-bond acceptors (Lipinski definition) is 16. The first-order valence-electron chi connectivity index (χ1n) is 31.3. The second-order valence-corrected chi connectivity index (χ2v) is 24.4. The van der Waals surface area contributed by atoms with Gasteiger partial charge in [0.15, 0.2) is 0 Å². The molecule has 16 nitrogen and oxygen atoms in total. The van der Waals surface area contributed by atoms with Gasteiger partial charge in [-0.2, -0.15) is 0 Å². The smallest absolute Gasteiger partial charge is 0.308 e. The third-order valence-corrected chi connectivity index (χ3v) is 18.7. The van der Waals surface area contributed by atoms with Crippen LogP contribution < -0.4 is 0 Å². The Labute approximate surface area is 502 Å². The van der Waals surface area contributed by atoms with Crippen LogP contribution >= 0.6 is 0 Å². The Balaban J connectivity index is 0.689. The monoisotopic (exact) mass is 1150 g/mol. The highest BCUT2D eigenvalue weighted by Crippen LogP contribution is 2.58. The maximum atomic E-state index is 15.2. The Morgan fingerprint density at radius 2 is 0.929 bits per heavy atom. The number of aromatic nitrogens is 6. The highest BCUT2D eigenvalue weighted by atomic mass is 16.5. The molecular weight excluding hydrogens is 1060 g/mol. The van der Waals surface area contributed by atoms with Crippen LogP contribution in [0.15, 0.2) is 146 Å². The first-order chi connectivity index (χ1) is 41.6. The zero-order chi connectivity index (χ0) is 59.0. The van der Waals surface area contributed by atoms with Crippen LogP contribution in [0.2, 0.25) is 0 Å². The van der Waals surface area contributed by atoms with Crippen LogP contribution in [-0.4, -0.2) is 126 Å². The lowest BCUT2D eigenvalue weighted by atomic mass is 9.60. The predicted molar refractivity (Wildman–Crippen MR) is 325 cm³/mol. The van der Waals surface area contributed by atoms with E-state index in [-0.39, 0.29) is 65.4 Å². The van der Waals surface area contributed by atoms with Gasteiger partial charge in [0.1, 0.15) is 11.6 Å². The minimum absolute atomic E-state index is 0.167. The lowest BCUT2D eigenvalue weighted by molar-refractivity contribution is -0.166. The minimum atomic E-state index is -0.724. The van der Waals surface area contributed by atoms with E-state index in [1.807, 2.05) is 134 Å². The number of carbonyl (C=O) groups is 4. The second-order valence-electron chi connectivity index (χ2n) is 24.4. The number of esters is 2. The standard InChI is InChI=1S/C69H86N10O6/c1-4-5-26-51(67(83)85-44-25-7-17-36-69-50-79(46-53-29-11-19-38-71-53)48-55(66(69)82)62(57-31-13-21-40-73-57)77(3)64(69)59-33-15-23-42-75-59)27-8-9-34-60(80)84-43-24-6-16-35-68-49-78(45-52-28-10-18-37-70-52)47-54(65(68)81)61(56-30-12-20-39-72-56)76(2)63(68)58-32-14-22-41-74-58/h10-15,18-23,28-33,37-42,51,54-55,61-64H,4-9,16-17,24-27,34-36,43-50H2,1-3H3. The van der Waals surface area contributed by atoms with Crippen LogP contribution in [0.5, 0.6) is 0 Å². The summed E-state index contributed by atoms with van der Waals surface area (Å²) in [7, 11) is 4.26. The molecule has 448 valence electrons. The van der Waals surface area contributed by atoms with Gasteiger partial charge in [0.25, 0.3) is 0 Å². The van der Waals surface area contributed by atoms with E-state index < -0.39 is 10.8 Å². The molecule has 9 unspecified atom stereocenters. The number of unbranched alkanes of at least 4 members (excludes halogenated alkanes) is 6. The summed E-state index contributed by atoms with van der Waals surface area (Å²) in [6, 6.07) is 34.9. The molecule has 6 aromatic rings. The molecule has 4 saturated heterocycles. The summed E-state index contributed by atoms with van der Waals surface area (Å²) in [4.78, 5) is 95.4. The zero-order valence-corrected chi connectivity index (χ0v) is 50.1. The quantitative estimate of drug-likeness (QED) is 0.0320. The zero-order valence-electron chi connectivity index (χ0n) is 50.1. The topological polar surface area (TPSA) is 177 Å². The van der Waals surface area contributed by atoms with E-state index in [1.165, 1.54) is 0 Å².